The fourth-order valence-corrected chi connectivity index (χ4v) is 2.99. The van der Waals surface area contributed by atoms with Crippen molar-refractivity contribution in [1.82, 2.24) is 0 Å². The van der Waals surface area contributed by atoms with E-state index in [2.05, 4.69) is 48.0 Å². The predicted octanol–water partition coefficient (Wildman–Crippen LogP) is 6.27. The van der Waals surface area contributed by atoms with E-state index < -0.39 is 0 Å². The smallest absolute Gasteiger partial charge is 0.127 e. The maximum absolute atomic E-state index is 6.05. The van der Waals surface area contributed by atoms with Gasteiger partial charge in [0.25, 0.3) is 0 Å². The van der Waals surface area contributed by atoms with Crippen LogP contribution >= 0.6 is 15.9 Å². The second-order valence-electron chi connectivity index (χ2n) is 5.89. The van der Waals surface area contributed by atoms with Crippen LogP contribution in [0.15, 0.2) is 30.3 Å². The van der Waals surface area contributed by atoms with Gasteiger partial charge in [0.05, 0.1) is 13.2 Å². The van der Waals surface area contributed by atoms with Crippen molar-refractivity contribution in [2.75, 3.05) is 13.2 Å². The molecule has 0 radical (unpaired) electrons. The molecule has 0 N–H and O–H groups in total. The summed E-state index contributed by atoms with van der Waals surface area (Å²) < 4.78 is 11.8. The van der Waals surface area contributed by atoms with Crippen LogP contribution < -0.4 is 9.47 Å². The fourth-order valence-electron chi connectivity index (χ4n) is 2.67. The number of hydrogen-bond acceptors (Lipinski definition) is 2. The number of benzene rings is 2. The van der Waals surface area contributed by atoms with Crippen LogP contribution in [0.4, 0.5) is 0 Å². The molecule has 0 bridgehead atoms. The van der Waals surface area contributed by atoms with Crippen molar-refractivity contribution in [3.05, 3.63) is 35.9 Å². The highest BCUT2D eigenvalue weighted by Gasteiger charge is 2.08. The molecule has 0 aromatic heterocycles. The van der Waals surface area contributed by atoms with Gasteiger partial charge in [-0.3, -0.25) is 0 Å². The van der Waals surface area contributed by atoms with Gasteiger partial charge in [-0.2, -0.15) is 0 Å². The average molecular weight is 379 g/mol. The first-order valence-corrected chi connectivity index (χ1v) is 9.50. The Bertz CT molecular complexity index is 624. The third kappa shape index (κ3) is 5.13. The Balaban J connectivity index is 2.05. The van der Waals surface area contributed by atoms with E-state index in [0.29, 0.717) is 11.4 Å². The minimum absolute atomic E-state index is 0.636. The molecule has 0 aliphatic rings. The van der Waals surface area contributed by atoms with Gasteiger partial charge < -0.3 is 9.47 Å². The zero-order valence-corrected chi connectivity index (χ0v) is 16.0. The van der Waals surface area contributed by atoms with Gasteiger partial charge in [-0.1, -0.05) is 40.5 Å². The lowest BCUT2D eigenvalue weighted by Crippen LogP contribution is -2.01. The van der Waals surface area contributed by atoms with E-state index in [0.717, 1.165) is 35.3 Å². The Morgan fingerprint density at radius 1 is 0.957 bits per heavy atom. The van der Waals surface area contributed by atoms with Crippen LogP contribution in [-0.2, 0) is 0 Å². The molecule has 2 aromatic carbocycles. The lowest BCUT2D eigenvalue weighted by atomic mass is 10.1. The second kappa shape index (κ2) is 9.17. The van der Waals surface area contributed by atoms with Gasteiger partial charge in [-0.25, -0.2) is 0 Å². The molecule has 0 heterocycles. The summed E-state index contributed by atoms with van der Waals surface area (Å²) in [6, 6.07) is 10.5. The standard InChI is InChI=1S/C20H27BrO2/c1-4-16(21)8-6-7-13-23-20-12-11-19(22-5-2)17-10-9-15(3)14-18(17)20/h9-12,14,16H,4-8,13H2,1-3H3. The molecular formula is C20H27BrO2. The van der Waals surface area contributed by atoms with Crippen LogP contribution in [0.3, 0.4) is 0 Å². The summed E-state index contributed by atoms with van der Waals surface area (Å²) in [6.07, 6.45) is 4.67. The van der Waals surface area contributed by atoms with Crippen molar-refractivity contribution >= 4 is 26.7 Å². The SMILES string of the molecule is CCOc1ccc(OCCCCC(Br)CC)c2cc(C)ccc12. The number of hydrogen-bond donors (Lipinski definition) is 0. The third-order valence-corrected chi connectivity index (χ3v) is 5.11. The van der Waals surface area contributed by atoms with Gasteiger partial charge in [0.15, 0.2) is 0 Å². The molecule has 0 aliphatic heterocycles. The molecular weight excluding hydrogens is 352 g/mol. The quantitative estimate of drug-likeness (QED) is 0.378. The maximum Gasteiger partial charge on any atom is 0.127 e. The van der Waals surface area contributed by atoms with Crippen LogP contribution in [-0.4, -0.2) is 18.0 Å². The lowest BCUT2D eigenvalue weighted by molar-refractivity contribution is 0.307. The summed E-state index contributed by atoms with van der Waals surface area (Å²) >= 11 is 3.68. The summed E-state index contributed by atoms with van der Waals surface area (Å²) in [5.41, 5.74) is 1.24. The van der Waals surface area contributed by atoms with E-state index in [9.17, 15) is 0 Å². The topological polar surface area (TPSA) is 18.5 Å². The van der Waals surface area contributed by atoms with Gasteiger partial charge in [-0.15, -0.1) is 0 Å². The van der Waals surface area contributed by atoms with Crippen LogP contribution in [0.25, 0.3) is 10.8 Å². The monoisotopic (exact) mass is 378 g/mol. The molecule has 3 heteroatoms. The Labute approximate surface area is 148 Å². The number of ether oxygens (including phenoxy) is 2. The highest BCUT2D eigenvalue weighted by molar-refractivity contribution is 9.09. The Morgan fingerprint density at radius 3 is 2.39 bits per heavy atom. The third-order valence-electron chi connectivity index (χ3n) is 4.00. The number of fused-ring (bicyclic) bond motifs is 1. The zero-order valence-electron chi connectivity index (χ0n) is 14.4. The van der Waals surface area contributed by atoms with E-state index in [-0.39, 0.29) is 0 Å². The zero-order chi connectivity index (χ0) is 16.7. The van der Waals surface area contributed by atoms with Crippen molar-refractivity contribution in [2.24, 2.45) is 0 Å². The molecule has 126 valence electrons. The fraction of sp³-hybridized carbons (Fsp3) is 0.500. The minimum atomic E-state index is 0.636. The molecule has 2 aromatic rings. The van der Waals surface area contributed by atoms with Crippen LogP contribution in [0.5, 0.6) is 11.5 Å². The van der Waals surface area contributed by atoms with Crippen LogP contribution in [0, 0.1) is 6.92 Å². The average Bonchev–Trinajstić information content (AvgIpc) is 2.56. The van der Waals surface area contributed by atoms with Crippen molar-refractivity contribution < 1.29 is 9.47 Å². The predicted molar refractivity (Wildman–Crippen MR) is 102 cm³/mol. The molecule has 23 heavy (non-hydrogen) atoms. The molecule has 1 atom stereocenters. The summed E-state index contributed by atoms with van der Waals surface area (Å²) in [5, 5.41) is 2.27. The molecule has 1 unspecified atom stereocenters. The van der Waals surface area contributed by atoms with E-state index in [1.165, 1.54) is 24.8 Å². The lowest BCUT2D eigenvalue weighted by Gasteiger charge is -2.14. The molecule has 0 fully saturated rings. The number of rotatable bonds is 9. The van der Waals surface area contributed by atoms with Crippen LogP contribution in [0.1, 0.15) is 45.1 Å². The molecule has 2 rings (SSSR count). The van der Waals surface area contributed by atoms with Gasteiger partial charge in [0.1, 0.15) is 11.5 Å². The number of aryl methyl sites for hydroxylation is 1. The number of unbranched alkanes of at least 4 members (excludes halogenated alkanes) is 1. The molecule has 0 aliphatic carbocycles. The molecule has 0 saturated carbocycles. The van der Waals surface area contributed by atoms with Gasteiger partial charge in [0, 0.05) is 15.6 Å². The maximum atomic E-state index is 6.05. The first-order chi connectivity index (χ1) is 11.2. The Morgan fingerprint density at radius 2 is 1.70 bits per heavy atom. The molecule has 2 nitrogen and oxygen atoms in total. The number of halogens is 1. The van der Waals surface area contributed by atoms with E-state index in [1.807, 2.05) is 19.1 Å². The number of alkyl halides is 1. The van der Waals surface area contributed by atoms with E-state index in [1.54, 1.807) is 0 Å². The van der Waals surface area contributed by atoms with Crippen molar-refractivity contribution in [3.8, 4) is 11.5 Å². The largest absolute Gasteiger partial charge is 0.493 e. The second-order valence-corrected chi connectivity index (χ2v) is 7.19. The summed E-state index contributed by atoms with van der Waals surface area (Å²) in [4.78, 5) is 0.636. The van der Waals surface area contributed by atoms with E-state index in [4.69, 9.17) is 9.47 Å². The Kier molecular flexibility index (Phi) is 7.22. The highest BCUT2D eigenvalue weighted by atomic mass is 79.9. The van der Waals surface area contributed by atoms with Gasteiger partial charge in [0.2, 0.25) is 0 Å². The minimum Gasteiger partial charge on any atom is -0.493 e. The molecule has 0 amide bonds. The van der Waals surface area contributed by atoms with Crippen molar-refractivity contribution in [2.45, 2.75) is 51.3 Å². The normalized spacial score (nSPS) is 12.3. The molecule has 0 spiro atoms. The highest BCUT2D eigenvalue weighted by Crippen LogP contribution is 2.34. The van der Waals surface area contributed by atoms with Crippen molar-refractivity contribution in [3.63, 3.8) is 0 Å². The first-order valence-electron chi connectivity index (χ1n) is 8.58. The molecule has 0 saturated heterocycles. The van der Waals surface area contributed by atoms with E-state index >= 15 is 0 Å². The first kappa shape index (κ1) is 18.1. The van der Waals surface area contributed by atoms with Gasteiger partial charge in [-0.05, 0) is 57.7 Å². The summed E-state index contributed by atoms with van der Waals surface area (Å²) in [6.45, 7) is 7.77. The summed E-state index contributed by atoms with van der Waals surface area (Å²) in [7, 11) is 0. The van der Waals surface area contributed by atoms with Crippen LogP contribution in [0.2, 0.25) is 0 Å². The Hall–Kier alpha value is -1.22. The summed E-state index contributed by atoms with van der Waals surface area (Å²) in [5.74, 6) is 1.89. The van der Waals surface area contributed by atoms with Crippen molar-refractivity contribution in [1.29, 1.82) is 0 Å². The van der Waals surface area contributed by atoms with Gasteiger partial charge >= 0.3 is 0 Å².